The molecule has 0 aromatic heterocycles. The fraction of sp³-hybridized carbons (Fsp3) is 0.333. The van der Waals surface area contributed by atoms with E-state index in [1.54, 1.807) is 49.9 Å². The quantitative estimate of drug-likeness (QED) is 0.484. The molecule has 0 atom stereocenters. The van der Waals surface area contributed by atoms with Gasteiger partial charge in [-0.3, -0.25) is 14.5 Å². The summed E-state index contributed by atoms with van der Waals surface area (Å²) in [6.45, 7) is 12.3. The van der Waals surface area contributed by atoms with E-state index in [1.807, 2.05) is 0 Å². The maximum atomic E-state index is 14.9. The first kappa shape index (κ1) is 22.7. The Balaban J connectivity index is 1.62. The van der Waals surface area contributed by atoms with Crippen LogP contribution in [-0.4, -0.2) is 34.2 Å². The number of carboxylic acid groups (broad SMARTS) is 1. The van der Waals surface area contributed by atoms with E-state index in [0.717, 1.165) is 5.56 Å². The van der Waals surface area contributed by atoms with Gasteiger partial charge in [0.1, 0.15) is 17.6 Å². The lowest BCUT2D eigenvalue weighted by molar-refractivity contribution is -0.144. The standard InChI is InChI=1S/C24H22FN3O4S/c1-14-11-15(5-7-18(14)26-4)27-20(29)23(2,3)28(22(27)33)16-6-8-19(17(25)12-16)32-13-24(9-10-24)21(30)31/h5-8,11-12H,9-10,13H2,1-3H3,(H,30,31). The van der Waals surface area contributed by atoms with Gasteiger partial charge < -0.3 is 14.7 Å². The maximum Gasteiger partial charge on any atom is 0.313 e. The number of hydrogen-bond acceptors (Lipinski definition) is 4. The fourth-order valence-electron chi connectivity index (χ4n) is 3.89. The summed E-state index contributed by atoms with van der Waals surface area (Å²) < 4.78 is 20.3. The molecule has 0 spiro atoms. The van der Waals surface area contributed by atoms with Crippen LogP contribution in [0, 0.1) is 24.7 Å². The number of halogens is 1. The third kappa shape index (κ3) is 3.70. The van der Waals surface area contributed by atoms with Crippen molar-refractivity contribution in [1.82, 2.24) is 0 Å². The molecular formula is C24H22FN3O4S. The highest BCUT2D eigenvalue weighted by atomic mass is 32.1. The number of nitrogens with zero attached hydrogens (tertiary/aromatic N) is 3. The number of thiocarbonyl (C=S) groups is 1. The molecule has 1 saturated carbocycles. The Hall–Kier alpha value is -3.51. The van der Waals surface area contributed by atoms with Gasteiger partial charge in [-0.25, -0.2) is 9.24 Å². The van der Waals surface area contributed by atoms with Crippen molar-refractivity contribution in [2.75, 3.05) is 16.4 Å². The Labute approximate surface area is 196 Å². The lowest BCUT2D eigenvalue weighted by Gasteiger charge is -2.29. The molecule has 170 valence electrons. The summed E-state index contributed by atoms with van der Waals surface area (Å²) in [7, 11) is 0. The second kappa shape index (κ2) is 7.81. The second-order valence-electron chi connectivity index (χ2n) is 8.89. The molecule has 1 saturated heterocycles. The number of rotatable bonds is 6. The van der Waals surface area contributed by atoms with Crippen molar-refractivity contribution >= 4 is 46.3 Å². The fourth-order valence-corrected chi connectivity index (χ4v) is 4.41. The topological polar surface area (TPSA) is 74.4 Å². The number of hydrogen-bond donors (Lipinski definition) is 1. The van der Waals surface area contributed by atoms with Crippen LogP contribution in [0.4, 0.5) is 21.5 Å². The van der Waals surface area contributed by atoms with Crippen LogP contribution < -0.4 is 14.5 Å². The number of benzene rings is 2. The molecule has 0 bridgehead atoms. The number of anilines is 2. The van der Waals surface area contributed by atoms with Gasteiger partial charge in [-0.15, -0.1) is 0 Å². The molecule has 7 nitrogen and oxygen atoms in total. The van der Waals surface area contributed by atoms with Crippen molar-refractivity contribution in [1.29, 1.82) is 0 Å². The summed E-state index contributed by atoms with van der Waals surface area (Å²) in [5.41, 5.74) is 0.100. The van der Waals surface area contributed by atoms with Crippen molar-refractivity contribution in [2.45, 2.75) is 39.2 Å². The monoisotopic (exact) mass is 467 g/mol. The van der Waals surface area contributed by atoms with Crippen LogP contribution in [0.15, 0.2) is 36.4 Å². The van der Waals surface area contributed by atoms with Gasteiger partial charge in [-0.05, 0) is 75.7 Å². The molecule has 2 aromatic carbocycles. The van der Waals surface area contributed by atoms with E-state index < -0.39 is 22.7 Å². The van der Waals surface area contributed by atoms with E-state index >= 15 is 0 Å². The number of carboxylic acids is 1. The third-order valence-corrected chi connectivity index (χ3v) is 6.58. The lowest BCUT2D eigenvalue weighted by atomic mass is 10.0. The molecule has 1 aliphatic heterocycles. The zero-order valence-corrected chi connectivity index (χ0v) is 19.2. The molecule has 33 heavy (non-hydrogen) atoms. The van der Waals surface area contributed by atoms with Gasteiger partial charge in [0.2, 0.25) is 0 Å². The molecule has 0 unspecified atom stereocenters. The van der Waals surface area contributed by atoms with Gasteiger partial charge in [0.05, 0.1) is 6.57 Å². The molecule has 1 aliphatic carbocycles. The van der Waals surface area contributed by atoms with Crippen LogP contribution in [0.2, 0.25) is 0 Å². The van der Waals surface area contributed by atoms with Gasteiger partial charge in [0.15, 0.2) is 22.4 Å². The number of aliphatic carboxylic acids is 1. The smallest absolute Gasteiger partial charge is 0.313 e. The minimum atomic E-state index is -1.08. The largest absolute Gasteiger partial charge is 0.489 e. The zero-order chi connectivity index (χ0) is 24.1. The summed E-state index contributed by atoms with van der Waals surface area (Å²) >= 11 is 5.62. The van der Waals surface area contributed by atoms with Gasteiger partial charge in [0, 0.05) is 17.4 Å². The molecule has 0 radical (unpaired) electrons. The Morgan fingerprint density at radius 1 is 1.24 bits per heavy atom. The average molecular weight is 468 g/mol. The van der Waals surface area contributed by atoms with Gasteiger partial charge in [-0.1, -0.05) is 6.07 Å². The van der Waals surface area contributed by atoms with Crippen LogP contribution >= 0.6 is 12.2 Å². The van der Waals surface area contributed by atoms with E-state index in [4.69, 9.17) is 23.5 Å². The van der Waals surface area contributed by atoms with E-state index in [0.29, 0.717) is 29.9 Å². The Kier molecular flexibility index (Phi) is 5.37. The van der Waals surface area contributed by atoms with E-state index in [-0.39, 0.29) is 23.4 Å². The SMILES string of the molecule is [C-]#[N+]c1ccc(N2C(=O)C(C)(C)N(c3ccc(OCC4(C(=O)O)CC4)c(F)c3)C2=S)cc1C. The number of amides is 1. The van der Waals surface area contributed by atoms with E-state index in [1.165, 1.54) is 17.0 Å². The van der Waals surface area contributed by atoms with Crippen molar-refractivity contribution in [2.24, 2.45) is 5.41 Å². The highest BCUT2D eigenvalue weighted by Crippen LogP contribution is 2.46. The van der Waals surface area contributed by atoms with E-state index in [2.05, 4.69) is 4.85 Å². The average Bonchev–Trinajstić information content (AvgIpc) is 3.51. The number of aryl methyl sites for hydroxylation is 1. The maximum absolute atomic E-state index is 14.9. The summed E-state index contributed by atoms with van der Waals surface area (Å²) in [5.74, 6) is -1.94. The van der Waals surface area contributed by atoms with Crippen molar-refractivity contribution < 1.29 is 23.8 Å². The molecule has 2 aromatic rings. The van der Waals surface area contributed by atoms with Crippen LogP contribution in [-0.2, 0) is 9.59 Å². The summed E-state index contributed by atoms with van der Waals surface area (Å²) in [6.07, 6.45) is 1.01. The summed E-state index contributed by atoms with van der Waals surface area (Å²) in [4.78, 5) is 31.0. The second-order valence-corrected chi connectivity index (χ2v) is 9.25. The van der Waals surface area contributed by atoms with Gasteiger partial charge >= 0.3 is 5.97 Å². The van der Waals surface area contributed by atoms with Crippen LogP contribution in [0.3, 0.4) is 0 Å². The zero-order valence-electron chi connectivity index (χ0n) is 18.4. The minimum absolute atomic E-state index is 0.0530. The van der Waals surface area contributed by atoms with Crippen molar-refractivity contribution in [3.05, 3.63) is 59.2 Å². The van der Waals surface area contributed by atoms with Gasteiger partial charge in [0.25, 0.3) is 5.91 Å². The van der Waals surface area contributed by atoms with Crippen LogP contribution in [0.1, 0.15) is 32.3 Å². The molecule has 2 aliphatic rings. The first-order chi connectivity index (χ1) is 15.5. The summed E-state index contributed by atoms with van der Waals surface area (Å²) in [6, 6.07) is 9.27. The predicted octanol–water partition coefficient (Wildman–Crippen LogP) is 4.85. The first-order valence-corrected chi connectivity index (χ1v) is 10.8. The molecular weight excluding hydrogens is 445 g/mol. The van der Waals surface area contributed by atoms with E-state index in [9.17, 15) is 19.1 Å². The molecule has 1 amide bonds. The Morgan fingerprint density at radius 3 is 2.45 bits per heavy atom. The van der Waals surface area contributed by atoms with Gasteiger partial charge in [-0.2, -0.15) is 0 Å². The lowest BCUT2D eigenvalue weighted by Crippen LogP contribution is -2.44. The molecule has 4 rings (SSSR count). The van der Waals surface area contributed by atoms with Crippen molar-refractivity contribution in [3.8, 4) is 5.75 Å². The molecule has 9 heteroatoms. The van der Waals surface area contributed by atoms with Crippen LogP contribution in [0.25, 0.3) is 4.85 Å². The molecule has 1 N–H and O–H groups in total. The Bertz CT molecular complexity index is 1230. The number of carbonyl (C=O) groups is 2. The molecule has 1 heterocycles. The summed E-state index contributed by atoms with van der Waals surface area (Å²) in [5, 5.41) is 9.46. The normalized spacial score (nSPS) is 18.3. The predicted molar refractivity (Wildman–Crippen MR) is 125 cm³/mol. The number of ether oxygens (including phenoxy) is 1. The van der Waals surface area contributed by atoms with Crippen LogP contribution in [0.5, 0.6) is 5.75 Å². The molecule has 2 fully saturated rings. The third-order valence-electron chi connectivity index (χ3n) is 6.21. The minimum Gasteiger partial charge on any atom is -0.489 e. The Morgan fingerprint density at radius 2 is 1.91 bits per heavy atom. The highest BCUT2D eigenvalue weighted by molar-refractivity contribution is 7.81. The van der Waals surface area contributed by atoms with Crippen molar-refractivity contribution in [3.63, 3.8) is 0 Å². The highest BCUT2D eigenvalue weighted by Gasteiger charge is 2.52. The number of carbonyl (C=O) groups excluding carboxylic acids is 1. The first-order valence-electron chi connectivity index (χ1n) is 10.3.